The van der Waals surface area contributed by atoms with E-state index in [2.05, 4.69) is 48.3 Å². The maximum Gasteiger partial charge on any atom is 0.223 e. The van der Waals surface area contributed by atoms with Crippen molar-refractivity contribution in [2.24, 2.45) is 0 Å². The molecule has 128 valence electrons. The summed E-state index contributed by atoms with van der Waals surface area (Å²) in [5.41, 5.74) is 5.38. The molecule has 1 aromatic carbocycles. The van der Waals surface area contributed by atoms with E-state index in [0.29, 0.717) is 11.8 Å². The van der Waals surface area contributed by atoms with Crippen molar-refractivity contribution in [2.45, 2.75) is 71.6 Å². The first-order chi connectivity index (χ1) is 11.7. The van der Waals surface area contributed by atoms with Gasteiger partial charge in [-0.2, -0.15) is 4.98 Å². The van der Waals surface area contributed by atoms with Crippen LogP contribution < -0.4 is 0 Å². The Labute approximate surface area is 145 Å². The maximum atomic E-state index is 5.23. The Morgan fingerprint density at radius 2 is 2.08 bits per heavy atom. The molecule has 0 bridgehead atoms. The van der Waals surface area contributed by atoms with Crippen LogP contribution in [0.2, 0.25) is 0 Å². The van der Waals surface area contributed by atoms with E-state index in [1.54, 1.807) is 0 Å². The van der Waals surface area contributed by atoms with E-state index in [0.717, 1.165) is 17.8 Å². The third-order valence-corrected chi connectivity index (χ3v) is 4.95. The Morgan fingerprint density at radius 3 is 2.79 bits per heavy atom. The average molecular weight is 324 g/mol. The van der Waals surface area contributed by atoms with Crippen LogP contribution in [0.1, 0.15) is 75.3 Å². The molecule has 1 heterocycles. The fourth-order valence-corrected chi connectivity index (χ4v) is 3.60. The van der Waals surface area contributed by atoms with Gasteiger partial charge in [0.1, 0.15) is 0 Å². The lowest BCUT2D eigenvalue weighted by atomic mass is 9.84. The van der Waals surface area contributed by atoms with Gasteiger partial charge in [-0.3, -0.25) is 0 Å². The molecule has 0 radical (unpaired) electrons. The van der Waals surface area contributed by atoms with Gasteiger partial charge >= 0.3 is 0 Å². The molecule has 3 nitrogen and oxygen atoms in total. The number of unbranched alkanes of at least 4 members (excludes halogenated alkanes) is 2. The zero-order valence-corrected chi connectivity index (χ0v) is 15.1. The number of allylic oxidation sites excluding steroid dienone is 2. The highest BCUT2D eigenvalue weighted by atomic mass is 16.5. The van der Waals surface area contributed by atoms with Crippen LogP contribution in [0, 0.1) is 6.92 Å². The molecule has 1 atom stereocenters. The van der Waals surface area contributed by atoms with E-state index < -0.39 is 0 Å². The molecule has 0 saturated carbocycles. The van der Waals surface area contributed by atoms with Crippen LogP contribution in [0.3, 0.4) is 0 Å². The second-order valence-electron chi connectivity index (χ2n) is 7.02. The minimum Gasteiger partial charge on any atom is -0.339 e. The lowest BCUT2D eigenvalue weighted by molar-refractivity contribution is 0.394. The first-order valence-electron chi connectivity index (χ1n) is 9.28. The van der Waals surface area contributed by atoms with Gasteiger partial charge in [0.05, 0.1) is 0 Å². The molecule has 0 fully saturated rings. The summed E-state index contributed by atoms with van der Waals surface area (Å²) in [6.45, 7) is 6.34. The van der Waals surface area contributed by atoms with Crippen LogP contribution in [0.15, 0.2) is 34.4 Å². The first kappa shape index (κ1) is 16.9. The van der Waals surface area contributed by atoms with Crippen LogP contribution in [-0.4, -0.2) is 10.1 Å². The topological polar surface area (TPSA) is 38.9 Å². The quantitative estimate of drug-likeness (QED) is 0.484. The number of nitrogens with zero attached hydrogens (tertiary/aromatic N) is 2. The Hall–Kier alpha value is -1.90. The summed E-state index contributed by atoms with van der Waals surface area (Å²) in [6.07, 6.45) is 11.0. The van der Waals surface area contributed by atoms with Crippen LogP contribution >= 0.6 is 0 Å². The van der Waals surface area contributed by atoms with Crippen molar-refractivity contribution in [1.29, 1.82) is 0 Å². The van der Waals surface area contributed by atoms with Gasteiger partial charge in [-0.1, -0.05) is 48.7 Å². The fourth-order valence-electron chi connectivity index (χ4n) is 3.60. The zero-order valence-electron chi connectivity index (χ0n) is 15.1. The van der Waals surface area contributed by atoms with Crippen LogP contribution in [0.5, 0.6) is 0 Å². The summed E-state index contributed by atoms with van der Waals surface area (Å²) < 4.78 is 5.23. The van der Waals surface area contributed by atoms with Crippen molar-refractivity contribution in [3.63, 3.8) is 0 Å². The predicted molar refractivity (Wildman–Crippen MR) is 98.0 cm³/mol. The van der Waals surface area contributed by atoms with Gasteiger partial charge in [0, 0.05) is 18.4 Å². The molecule has 3 heteroatoms. The highest BCUT2D eigenvalue weighted by molar-refractivity contribution is 5.61. The molecule has 1 aliphatic carbocycles. The standard InChI is InChI=1S/C21H28N2O/c1-4-5-6-9-17-11-12-19(18-10-7-8-15(2)13-18)14-20(17)21-22-16(3)24-23-21/h11-14,18H,4-10H2,1-3H3. The summed E-state index contributed by atoms with van der Waals surface area (Å²) in [7, 11) is 0. The zero-order chi connectivity index (χ0) is 16.9. The van der Waals surface area contributed by atoms with Crippen molar-refractivity contribution in [2.75, 3.05) is 0 Å². The van der Waals surface area contributed by atoms with Gasteiger partial charge in [-0.15, -0.1) is 0 Å². The molecular formula is C21H28N2O. The number of benzene rings is 1. The highest BCUT2D eigenvalue weighted by Gasteiger charge is 2.17. The number of aromatic nitrogens is 2. The van der Waals surface area contributed by atoms with Crippen molar-refractivity contribution in [3.8, 4) is 11.4 Å². The SMILES string of the molecule is CCCCCc1ccc(C2C=C(C)CCC2)cc1-c1noc(C)n1. The van der Waals surface area contributed by atoms with Crippen molar-refractivity contribution in [1.82, 2.24) is 10.1 Å². The number of aryl methyl sites for hydroxylation is 2. The van der Waals surface area contributed by atoms with Gasteiger partial charge in [-0.05, 0) is 56.2 Å². The number of hydrogen-bond acceptors (Lipinski definition) is 3. The first-order valence-corrected chi connectivity index (χ1v) is 9.28. The highest BCUT2D eigenvalue weighted by Crippen LogP contribution is 2.34. The third-order valence-electron chi connectivity index (χ3n) is 4.95. The normalized spacial score (nSPS) is 17.8. The minimum absolute atomic E-state index is 0.523. The summed E-state index contributed by atoms with van der Waals surface area (Å²) in [5.74, 6) is 1.89. The molecule has 1 unspecified atom stereocenters. The van der Waals surface area contributed by atoms with Gasteiger partial charge < -0.3 is 4.52 Å². The average Bonchev–Trinajstić information content (AvgIpc) is 3.01. The molecule has 1 aromatic heterocycles. The number of rotatable bonds is 6. The lowest BCUT2D eigenvalue weighted by Crippen LogP contribution is -2.03. The molecule has 0 aliphatic heterocycles. The fraction of sp³-hybridized carbons (Fsp3) is 0.524. The molecule has 0 amide bonds. The lowest BCUT2D eigenvalue weighted by Gasteiger charge is -2.21. The molecule has 0 N–H and O–H groups in total. The molecule has 24 heavy (non-hydrogen) atoms. The molecule has 1 aliphatic rings. The Morgan fingerprint density at radius 1 is 1.21 bits per heavy atom. The molecule has 0 saturated heterocycles. The largest absolute Gasteiger partial charge is 0.339 e. The van der Waals surface area contributed by atoms with Crippen molar-refractivity contribution >= 4 is 0 Å². The monoisotopic (exact) mass is 324 g/mol. The van der Waals surface area contributed by atoms with Gasteiger partial charge in [-0.25, -0.2) is 0 Å². The Balaban J connectivity index is 1.94. The van der Waals surface area contributed by atoms with E-state index in [-0.39, 0.29) is 0 Å². The van der Waals surface area contributed by atoms with Crippen LogP contribution in [0.25, 0.3) is 11.4 Å². The van der Waals surface area contributed by atoms with Gasteiger partial charge in [0.2, 0.25) is 11.7 Å². The van der Waals surface area contributed by atoms with Crippen molar-refractivity contribution < 1.29 is 4.52 Å². The van der Waals surface area contributed by atoms with Gasteiger partial charge in [0.25, 0.3) is 0 Å². The van der Waals surface area contributed by atoms with E-state index in [1.165, 1.54) is 55.2 Å². The summed E-state index contributed by atoms with van der Waals surface area (Å²) in [5, 5.41) is 4.17. The van der Waals surface area contributed by atoms with E-state index in [4.69, 9.17) is 4.52 Å². The predicted octanol–water partition coefficient (Wildman–Crippen LogP) is 5.99. The van der Waals surface area contributed by atoms with Crippen LogP contribution in [0.4, 0.5) is 0 Å². The van der Waals surface area contributed by atoms with Crippen molar-refractivity contribution in [3.05, 3.63) is 46.9 Å². The molecule has 0 spiro atoms. The smallest absolute Gasteiger partial charge is 0.223 e. The Bertz CT molecular complexity index is 714. The van der Waals surface area contributed by atoms with E-state index >= 15 is 0 Å². The molecule has 3 rings (SSSR count). The molecular weight excluding hydrogens is 296 g/mol. The number of hydrogen-bond donors (Lipinski definition) is 0. The summed E-state index contributed by atoms with van der Waals surface area (Å²) in [6, 6.07) is 6.88. The van der Waals surface area contributed by atoms with E-state index in [9.17, 15) is 0 Å². The summed E-state index contributed by atoms with van der Waals surface area (Å²) >= 11 is 0. The summed E-state index contributed by atoms with van der Waals surface area (Å²) in [4.78, 5) is 4.48. The molecule has 2 aromatic rings. The van der Waals surface area contributed by atoms with Gasteiger partial charge in [0.15, 0.2) is 0 Å². The van der Waals surface area contributed by atoms with E-state index in [1.807, 2.05) is 6.92 Å². The minimum atomic E-state index is 0.523. The van der Waals surface area contributed by atoms with Crippen LogP contribution in [-0.2, 0) is 6.42 Å². The third kappa shape index (κ3) is 3.95. The second-order valence-corrected chi connectivity index (χ2v) is 7.02. The maximum absolute atomic E-state index is 5.23. The second kappa shape index (κ2) is 7.78. The Kier molecular flexibility index (Phi) is 5.49.